The normalized spacial score (nSPS) is 17.8. The number of rotatable bonds is 6. The summed E-state index contributed by atoms with van der Waals surface area (Å²) in [6.07, 6.45) is -5.27. The van der Waals surface area contributed by atoms with Crippen LogP contribution >= 0.6 is 0 Å². The highest BCUT2D eigenvalue weighted by Crippen LogP contribution is 2.39. The van der Waals surface area contributed by atoms with E-state index < -0.39 is 29.5 Å². The van der Waals surface area contributed by atoms with Crippen molar-refractivity contribution in [3.05, 3.63) is 101 Å². The van der Waals surface area contributed by atoms with E-state index in [0.29, 0.717) is 11.3 Å². The van der Waals surface area contributed by atoms with Crippen LogP contribution in [0.1, 0.15) is 21.5 Å². The monoisotopic (exact) mass is 485 g/mol. The Kier molecular flexibility index (Phi) is 6.29. The zero-order chi connectivity index (χ0) is 25.2. The fourth-order valence-electron chi connectivity index (χ4n) is 3.60. The van der Waals surface area contributed by atoms with E-state index in [9.17, 15) is 27.2 Å². The van der Waals surface area contributed by atoms with Gasteiger partial charge in [0.15, 0.2) is 0 Å². The van der Waals surface area contributed by atoms with Crippen molar-refractivity contribution in [1.29, 1.82) is 0 Å². The maximum absolute atomic E-state index is 14.5. The summed E-state index contributed by atoms with van der Waals surface area (Å²) in [4.78, 5) is 30.8. The molecule has 1 heterocycles. The van der Waals surface area contributed by atoms with Gasteiger partial charge >= 0.3 is 11.8 Å². The molecule has 2 amide bonds. The molecule has 0 aromatic heterocycles. The Hall–Kier alpha value is -4.21. The molecule has 0 bridgehead atoms. The maximum Gasteiger partial charge on any atom is 0.442 e. The van der Waals surface area contributed by atoms with E-state index in [2.05, 4.69) is 4.99 Å². The third kappa shape index (κ3) is 4.59. The van der Waals surface area contributed by atoms with E-state index in [1.807, 2.05) is 0 Å². The number of nitrogens with zero attached hydrogens (tertiary/aromatic N) is 2. The van der Waals surface area contributed by atoms with Crippen LogP contribution in [-0.2, 0) is 11.3 Å². The summed E-state index contributed by atoms with van der Waals surface area (Å²) in [6, 6.07) is 18.2. The second kappa shape index (κ2) is 9.21. The van der Waals surface area contributed by atoms with Crippen LogP contribution in [-0.4, -0.2) is 41.5 Å². The van der Waals surface area contributed by atoms with Gasteiger partial charge in [0.05, 0.1) is 13.7 Å². The van der Waals surface area contributed by atoms with Gasteiger partial charge in [-0.1, -0.05) is 42.5 Å². The Labute approximate surface area is 197 Å². The molecule has 4 rings (SSSR count). The molecule has 35 heavy (non-hydrogen) atoms. The molecule has 6 nitrogen and oxygen atoms in total. The van der Waals surface area contributed by atoms with Gasteiger partial charge in [0.25, 0.3) is 11.8 Å². The number of alkyl halides is 3. The van der Waals surface area contributed by atoms with Crippen LogP contribution in [0, 0.1) is 5.82 Å². The van der Waals surface area contributed by atoms with Crippen molar-refractivity contribution in [2.75, 3.05) is 7.11 Å². The van der Waals surface area contributed by atoms with Crippen molar-refractivity contribution < 1.29 is 31.9 Å². The number of hydrogen-bond acceptors (Lipinski definition) is 4. The highest BCUT2D eigenvalue weighted by molar-refractivity contribution is 6.16. The van der Waals surface area contributed by atoms with E-state index in [1.165, 1.54) is 19.2 Å². The minimum Gasteiger partial charge on any atom is -0.497 e. The summed E-state index contributed by atoms with van der Waals surface area (Å²) in [7, 11) is 1.47. The Bertz CT molecular complexity index is 1260. The van der Waals surface area contributed by atoms with Gasteiger partial charge in [-0.05, 0) is 42.0 Å². The number of methoxy groups -OCH3 is 1. The molecule has 0 spiro atoms. The highest BCUT2D eigenvalue weighted by Gasteiger charge is 2.67. The molecule has 0 aliphatic carbocycles. The second-order valence-corrected chi connectivity index (χ2v) is 7.71. The molecular weight excluding hydrogens is 466 g/mol. The number of carbonyl (C=O) groups excluding carboxylic acids is 2. The lowest BCUT2D eigenvalue weighted by Crippen LogP contribution is -2.63. The number of halogens is 4. The second-order valence-electron chi connectivity index (χ2n) is 7.71. The van der Waals surface area contributed by atoms with Crippen molar-refractivity contribution in [3.63, 3.8) is 0 Å². The molecule has 1 atom stereocenters. The van der Waals surface area contributed by atoms with Gasteiger partial charge < -0.3 is 10.1 Å². The van der Waals surface area contributed by atoms with Gasteiger partial charge in [-0.2, -0.15) is 13.2 Å². The van der Waals surface area contributed by atoms with Crippen LogP contribution in [0.25, 0.3) is 0 Å². The molecule has 0 saturated carbocycles. The Balaban J connectivity index is 1.78. The molecule has 3 aromatic carbocycles. The molecule has 0 fully saturated rings. The number of ether oxygens (including phenoxy) is 1. The van der Waals surface area contributed by atoms with Gasteiger partial charge in [0, 0.05) is 11.1 Å². The zero-order valence-electron chi connectivity index (χ0n) is 18.3. The summed E-state index contributed by atoms with van der Waals surface area (Å²) in [5.41, 5.74) is -3.04. The smallest absolute Gasteiger partial charge is 0.442 e. The molecule has 1 N–H and O–H groups in total. The molecule has 0 unspecified atom stereocenters. The third-order valence-electron chi connectivity index (χ3n) is 5.43. The van der Waals surface area contributed by atoms with Crippen molar-refractivity contribution in [2.24, 2.45) is 4.99 Å². The van der Waals surface area contributed by atoms with Crippen LogP contribution in [0.5, 0.6) is 5.75 Å². The first-order valence-corrected chi connectivity index (χ1v) is 10.4. The average Bonchev–Trinajstić information content (AvgIpc) is 3.13. The molecule has 1 aliphatic rings. The van der Waals surface area contributed by atoms with Gasteiger partial charge in [-0.3, -0.25) is 14.5 Å². The molecule has 3 aromatic rings. The van der Waals surface area contributed by atoms with Gasteiger partial charge in [0.1, 0.15) is 17.4 Å². The Morgan fingerprint density at radius 1 is 1.00 bits per heavy atom. The minimum absolute atomic E-state index is 0.235. The SMILES string of the molecule is COc1ccc(CN2C(=O)[C@](NC(=O)c3ccc(F)cc3)(C(F)(F)F)N=C2c2ccccc2)cc1. The molecule has 0 radical (unpaired) electrons. The highest BCUT2D eigenvalue weighted by atomic mass is 19.4. The summed E-state index contributed by atoms with van der Waals surface area (Å²) in [6.45, 7) is -0.235. The van der Waals surface area contributed by atoms with Crippen molar-refractivity contribution in [3.8, 4) is 5.75 Å². The standard InChI is InChI=1S/C25H19F4N3O3/c1-35-20-13-7-16(8-14-20)15-32-21(17-5-3-2-4-6-17)30-24(23(32)34,25(27,28)29)31-22(33)18-9-11-19(26)12-10-18/h2-14H,15H2,1H3,(H,31,33)/t24-/m0/s1. The predicted molar refractivity (Wildman–Crippen MR) is 119 cm³/mol. The van der Waals surface area contributed by atoms with E-state index in [1.54, 1.807) is 47.8 Å². The van der Waals surface area contributed by atoms with Crippen LogP contribution in [0.3, 0.4) is 0 Å². The van der Waals surface area contributed by atoms with Crippen molar-refractivity contribution in [2.45, 2.75) is 18.4 Å². The first-order valence-electron chi connectivity index (χ1n) is 10.4. The van der Waals surface area contributed by atoms with Crippen molar-refractivity contribution >= 4 is 17.6 Å². The number of hydrogen-bond donors (Lipinski definition) is 1. The summed E-state index contributed by atoms with van der Waals surface area (Å²) >= 11 is 0. The lowest BCUT2D eigenvalue weighted by Gasteiger charge is -2.29. The zero-order valence-corrected chi connectivity index (χ0v) is 18.3. The van der Waals surface area contributed by atoms with Gasteiger partial charge in [0.2, 0.25) is 0 Å². The first-order chi connectivity index (χ1) is 16.6. The summed E-state index contributed by atoms with van der Waals surface area (Å²) in [5.74, 6) is -3.06. The number of aliphatic imine (C=N–C) groups is 1. The number of benzene rings is 3. The summed E-state index contributed by atoms with van der Waals surface area (Å²) in [5, 5.41) is 1.77. The van der Waals surface area contributed by atoms with E-state index in [-0.39, 0.29) is 23.5 Å². The minimum atomic E-state index is -5.27. The largest absolute Gasteiger partial charge is 0.497 e. The Morgan fingerprint density at radius 2 is 1.63 bits per heavy atom. The number of amides is 2. The lowest BCUT2D eigenvalue weighted by molar-refractivity contribution is -0.196. The van der Waals surface area contributed by atoms with E-state index in [0.717, 1.165) is 29.2 Å². The van der Waals surface area contributed by atoms with Crippen molar-refractivity contribution in [1.82, 2.24) is 10.2 Å². The molecule has 180 valence electrons. The number of amidine groups is 1. The Morgan fingerprint density at radius 3 is 2.20 bits per heavy atom. The maximum atomic E-state index is 14.5. The third-order valence-corrected chi connectivity index (χ3v) is 5.43. The fraction of sp³-hybridized carbons (Fsp3) is 0.160. The molecule has 0 saturated heterocycles. The number of carbonyl (C=O) groups is 2. The summed E-state index contributed by atoms with van der Waals surface area (Å²) < 4.78 is 61.7. The van der Waals surface area contributed by atoms with E-state index >= 15 is 0 Å². The van der Waals surface area contributed by atoms with Crippen LogP contribution in [0.4, 0.5) is 17.6 Å². The molecule has 10 heteroatoms. The van der Waals surface area contributed by atoms with E-state index in [4.69, 9.17) is 4.74 Å². The van der Waals surface area contributed by atoms with Gasteiger partial charge in [-0.15, -0.1) is 0 Å². The van der Waals surface area contributed by atoms with Gasteiger partial charge in [-0.25, -0.2) is 9.38 Å². The topological polar surface area (TPSA) is 71.0 Å². The predicted octanol–water partition coefficient (Wildman–Crippen LogP) is 4.31. The quantitative estimate of drug-likeness (QED) is 0.529. The number of nitrogens with one attached hydrogen (secondary N) is 1. The molecule has 1 aliphatic heterocycles. The van der Waals surface area contributed by atoms with Crippen LogP contribution in [0.2, 0.25) is 0 Å². The lowest BCUT2D eigenvalue weighted by atomic mass is 10.1. The fourth-order valence-corrected chi connectivity index (χ4v) is 3.60. The van der Waals surface area contributed by atoms with Crippen LogP contribution in [0.15, 0.2) is 83.9 Å². The average molecular weight is 485 g/mol. The van der Waals surface area contributed by atoms with Crippen LogP contribution < -0.4 is 10.1 Å². The first kappa shape index (κ1) is 23.9. The molecular formula is C25H19F4N3O3.